The number of piperidine rings is 1. The predicted molar refractivity (Wildman–Crippen MR) is 117 cm³/mol. The van der Waals surface area contributed by atoms with Crippen LogP contribution < -0.4 is 5.32 Å². The van der Waals surface area contributed by atoms with Gasteiger partial charge in [0.25, 0.3) is 0 Å². The maximum atomic E-state index is 12.7. The summed E-state index contributed by atoms with van der Waals surface area (Å²) >= 11 is 1.57. The van der Waals surface area contributed by atoms with Crippen molar-refractivity contribution in [2.75, 3.05) is 52.1 Å². The van der Waals surface area contributed by atoms with Crippen LogP contribution in [-0.4, -0.2) is 78.3 Å². The van der Waals surface area contributed by atoms with Gasteiger partial charge >= 0.3 is 0 Å². The van der Waals surface area contributed by atoms with Gasteiger partial charge in [-0.3, -0.25) is 14.5 Å². The van der Waals surface area contributed by atoms with Gasteiger partial charge in [0.2, 0.25) is 11.8 Å². The van der Waals surface area contributed by atoms with Crippen LogP contribution in [0.2, 0.25) is 0 Å². The molecule has 0 saturated carbocycles. The first-order valence-corrected chi connectivity index (χ1v) is 11.6. The third-order valence-corrected chi connectivity index (χ3v) is 7.04. The molecule has 8 heteroatoms. The van der Waals surface area contributed by atoms with Crippen molar-refractivity contribution in [3.8, 4) is 0 Å². The molecule has 1 atom stereocenters. The molecular weight excluding hydrogens is 386 g/mol. The molecule has 1 aromatic heterocycles. The Bertz CT molecular complexity index is 712. The number of rotatable bonds is 8. The Labute approximate surface area is 178 Å². The molecule has 2 aliphatic rings. The first kappa shape index (κ1) is 22.2. The Morgan fingerprint density at radius 1 is 1.31 bits per heavy atom. The standard InChI is InChI=1S/C21H35N5O2S/c1-15-6-10-25(11-7-15)14-18-16(2)22-21(29-18)23-20(28)17-12-19(27)26(13-17)9-5-8-24(3)4/h15,17H,5-14H2,1-4H3,(H,22,23,28). The smallest absolute Gasteiger partial charge is 0.231 e. The highest BCUT2D eigenvalue weighted by Gasteiger charge is 2.34. The molecule has 2 aliphatic heterocycles. The molecule has 0 aliphatic carbocycles. The van der Waals surface area contributed by atoms with Gasteiger partial charge in [0.05, 0.1) is 11.6 Å². The van der Waals surface area contributed by atoms with E-state index in [1.165, 1.54) is 17.7 Å². The van der Waals surface area contributed by atoms with Crippen LogP contribution >= 0.6 is 11.3 Å². The molecule has 0 bridgehead atoms. The van der Waals surface area contributed by atoms with Crippen molar-refractivity contribution in [2.24, 2.45) is 11.8 Å². The van der Waals surface area contributed by atoms with Gasteiger partial charge in [0.15, 0.2) is 5.13 Å². The fourth-order valence-corrected chi connectivity index (χ4v) is 5.01. The summed E-state index contributed by atoms with van der Waals surface area (Å²) in [5.41, 5.74) is 0.997. The second kappa shape index (κ2) is 10.00. The predicted octanol–water partition coefficient (Wildman–Crippen LogP) is 2.42. The van der Waals surface area contributed by atoms with Crippen molar-refractivity contribution in [3.05, 3.63) is 10.6 Å². The minimum Gasteiger partial charge on any atom is -0.342 e. The van der Waals surface area contributed by atoms with Crippen molar-refractivity contribution in [1.82, 2.24) is 19.7 Å². The Hall–Kier alpha value is -1.51. The molecule has 1 N–H and O–H groups in total. The lowest BCUT2D eigenvalue weighted by atomic mass is 9.99. The maximum absolute atomic E-state index is 12.7. The van der Waals surface area contributed by atoms with E-state index < -0.39 is 0 Å². The van der Waals surface area contributed by atoms with Gasteiger partial charge in [-0.1, -0.05) is 6.92 Å². The summed E-state index contributed by atoms with van der Waals surface area (Å²) in [6.45, 7) is 9.68. The number of aryl methyl sites for hydroxylation is 1. The third kappa shape index (κ3) is 6.23. The summed E-state index contributed by atoms with van der Waals surface area (Å²) in [7, 11) is 4.05. The van der Waals surface area contributed by atoms with Gasteiger partial charge in [0, 0.05) is 30.9 Å². The van der Waals surface area contributed by atoms with Crippen LogP contribution in [0.4, 0.5) is 5.13 Å². The summed E-state index contributed by atoms with van der Waals surface area (Å²) in [5, 5.41) is 3.63. The van der Waals surface area contributed by atoms with Crippen LogP contribution in [0.15, 0.2) is 0 Å². The number of aromatic nitrogens is 1. The Kier molecular flexibility index (Phi) is 7.65. The first-order valence-electron chi connectivity index (χ1n) is 10.7. The molecule has 3 heterocycles. The zero-order chi connectivity index (χ0) is 21.0. The van der Waals surface area contributed by atoms with Gasteiger partial charge in [-0.25, -0.2) is 4.98 Å². The van der Waals surface area contributed by atoms with Crippen LogP contribution in [0, 0.1) is 18.8 Å². The number of hydrogen-bond acceptors (Lipinski definition) is 6. The summed E-state index contributed by atoms with van der Waals surface area (Å²) in [6.07, 6.45) is 3.73. The Morgan fingerprint density at radius 2 is 2.03 bits per heavy atom. The topological polar surface area (TPSA) is 68.8 Å². The highest BCUT2D eigenvalue weighted by atomic mass is 32.1. The van der Waals surface area contributed by atoms with Gasteiger partial charge in [0.1, 0.15) is 0 Å². The largest absolute Gasteiger partial charge is 0.342 e. The highest BCUT2D eigenvalue weighted by Crippen LogP contribution is 2.27. The molecular formula is C21H35N5O2S. The van der Waals surface area contributed by atoms with Crippen molar-refractivity contribution in [1.29, 1.82) is 0 Å². The Balaban J connectivity index is 1.50. The third-order valence-electron chi connectivity index (χ3n) is 5.98. The minimum absolute atomic E-state index is 0.0826. The SMILES string of the molecule is Cc1nc(NC(=O)C2CC(=O)N(CCCN(C)C)C2)sc1CN1CCC(C)CC1. The molecule has 0 spiro atoms. The monoisotopic (exact) mass is 421 g/mol. The second-order valence-electron chi connectivity index (χ2n) is 8.87. The molecule has 2 amide bonds. The van der Waals surface area contributed by atoms with E-state index in [1.807, 2.05) is 25.9 Å². The number of thiazole rings is 1. The molecule has 7 nitrogen and oxygen atoms in total. The lowest BCUT2D eigenvalue weighted by molar-refractivity contribution is -0.128. The van der Waals surface area contributed by atoms with Gasteiger partial charge < -0.3 is 15.1 Å². The maximum Gasteiger partial charge on any atom is 0.231 e. The number of likely N-dealkylation sites (tertiary alicyclic amines) is 2. The molecule has 0 radical (unpaired) electrons. The average molecular weight is 422 g/mol. The van der Waals surface area contributed by atoms with E-state index in [1.54, 1.807) is 11.3 Å². The van der Waals surface area contributed by atoms with Crippen LogP contribution in [0.1, 0.15) is 43.2 Å². The van der Waals surface area contributed by atoms with Crippen LogP contribution in [0.5, 0.6) is 0 Å². The lowest BCUT2D eigenvalue weighted by Crippen LogP contribution is -2.32. The molecule has 0 aromatic carbocycles. The molecule has 1 aromatic rings. The number of nitrogens with one attached hydrogen (secondary N) is 1. The highest BCUT2D eigenvalue weighted by molar-refractivity contribution is 7.15. The van der Waals surface area contributed by atoms with Gasteiger partial charge in [-0.05, 0) is 65.8 Å². The number of carbonyl (C=O) groups is 2. The van der Waals surface area contributed by atoms with E-state index >= 15 is 0 Å². The molecule has 29 heavy (non-hydrogen) atoms. The molecule has 3 rings (SSSR count). The summed E-state index contributed by atoms with van der Waals surface area (Å²) in [6, 6.07) is 0. The van der Waals surface area contributed by atoms with Gasteiger partial charge in [-0.15, -0.1) is 11.3 Å². The van der Waals surface area contributed by atoms with Gasteiger partial charge in [-0.2, -0.15) is 0 Å². The van der Waals surface area contributed by atoms with Crippen molar-refractivity contribution in [3.63, 3.8) is 0 Å². The van der Waals surface area contributed by atoms with E-state index in [2.05, 4.69) is 27.0 Å². The van der Waals surface area contributed by atoms with E-state index in [-0.39, 0.29) is 17.7 Å². The van der Waals surface area contributed by atoms with Crippen molar-refractivity contribution < 1.29 is 9.59 Å². The normalized spacial score (nSPS) is 21.3. The van der Waals surface area contributed by atoms with E-state index in [0.717, 1.165) is 50.8 Å². The zero-order valence-electron chi connectivity index (χ0n) is 18.2. The fourth-order valence-electron chi connectivity index (χ4n) is 4.00. The molecule has 1 unspecified atom stereocenters. The van der Waals surface area contributed by atoms with Crippen molar-refractivity contribution in [2.45, 2.75) is 46.1 Å². The number of amides is 2. The second-order valence-corrected chi connectivity index (χ2v) is 9.96. The molecule has 162 valence electrons. The minimum atomic E-state index is -0.280. The van der Waals surface area contributed by atoms with Crippen LogP contribution in [0.25, 0.3) is 0 Å². The summed E-state index contributed by atoms with van der Waals surface area (Å²) in [4.78, 5) is 37.1. The lowest BCUT2D eigenvalue weighted by Gasteiger charge is -2.29. The number of nitrogens with zero attached hydrogens (tertiary/aromatic N) is 4. The van der Waals surface area contributed by atoms with E-state index in [0.29, 0.717) is 18.1 Å². The number of hydrogen-bond donors (Lipinski definition) is 1. The van der Waals surface area contributed by atoms with Crippen molar-refractivity contribution >= 4 is 28.3 Å². The van der Waals surface area contributed by atoms with E-state index in [4.69, 9.17) is 0 Å². The number of anilines is 1. The molecule has 2 saturated heterocycles. The average Bonchev–Trinajstić information content (AvgIpc) is 3.19. The van der Waals surface area contributed by atoms with E-state index in [9.17, 15) is 9.59 Å². The number of carbonyl (C=O) groups excluding carboxylic acids is 2. The Morgan fingerprint density at radius 3 is 2.72 bits per heavy atom. The molecule has 2 fully saturated rings. The van der Waals surface area contributed by atoms with Crippen LogP contribution in [-0.2, 0) is 16.1 Å². The fraction of sp³-hybridized carbons (Fsp3) is 0.762. The summed E-state index contributed by atoms with van der Waals surface area (Å²) < 4.78 is 0. The first-order chi connectivity index (χ1) is 13.8. The summed E-state index contributed by atoms with van der Waals surface area (Å²) in [5.74, 6) is 0.540. The zero-order valence-corrected chi connectivity index (χ0v) is 19.1. The van der Waals surface area contributed by atoms with Crippen LogP contribution in [0.3, 0.4) is 0 Å². The quantitative estimate of drug-likeness (QED) is 0.698.